The lowest BCUT2D eigenvalue weighted by molar-refractivity contribution is 0.928. The van der Waals surface area contributed by atoms with E-state index < -0.39 is 0 Å². The fourth-order valence-corrected chi connectivity index (χ4v) is 1.37. The van der Waals surface area contributed by atoms with Gasteiger partial charge in [0.1, 0.15) is 0 Å². The van der Waals surface area contributed by atoms with E-state index in [2.05, 4.69) is 31.3 Å². The standard InChI is InChI=1S/C12H12N/c1-10-3-5-11(6-4-10)12-7-8-13(2)9-12/h3-9H,1H2,2H3. The van der Waals surface area contributed by atoms with Gasteiger partial charge in [-0.25, -0.2) is 0 Å². The molecule has 1 radical (unpaired) electrons. The van der Waals surface area contributed by atoms with Gasteiger partial charge in [-0.05, 0) is 29.7 Å². The lowest BCUT2D eigenvalue weighted by Crippen LogP contribution is -1.78. The zero-order valence-electron chi connectivity index (χ0n) is 7.70. The van der Waals surface area contributed by atoms with E-state index in [1.54, 1.807) is 0 Å². The van der Waals surface area contributed by atoms with Crippen LogP contribution in [0.1, 0.15) is 5.56 Å². The van der Waals surface area contributed by atoms with E-state index in [-0.39, 0.29) is 0 Å². The molecule has 0 fully saturated rings. The van der Waals surface area contributed by atoms with Crippen molar-refractivity contribution in [2.45, 2.75) is 0 Å². The third-order valence-electron chi connectivity index (χ3n) is 2.12. The van der Waals surface area contributed by atoms with Crippen LogP contribution in [0.2, 0.25) is 0 Å². The van der Waals surface area contributed by atoms with Crippen LogP contribution in [0.15, 0.2) is 42.7 Å². The van der Waals surface area contributed by atoms with E-state index in [1.807, 2.05) is 29.9 Å². The van der Waals surface area contributed by atoms with Crippen LogP contribution in [-0.4, -0.2) is 4.57 Å². The van der Waals surface area contributed by atoms with Crippen molar-refractivity contribution in [2.24, 2.45) is 7.05 Å². The van der Waals surface area contributed by atoms with Crippen molar-refractivity contribution >= 4 is 0 Å². The molecule has 0 N–H and O–H groups in total. The van der Waals surface area contributed by atoms with Crippen LogP contribution < -0.4 is 0 Å². The van der Waals surface area contributed by atoms with Gasteiger partial charge in [-0.3, -0.25) is 0 Å². The number of benzene rings is 1. The summed E-state index contributed by atoms with van der Waals surface area (Å²) >= 11 is 0. The average Bonchev–Trinajstić information content (AvgIpc) is 2.53. The molecule has 1 heterocycles. The second-order valence-electron chi connectivity index (χ2n) is 3.26. The van der Waals surface area contributed by atoms with Gasteiger partial charge in [0.15, 0.2) is 0 Å². The molecular formula is C12H12N. The summed E-state index contributed by atoms with van der Waals surface area (Å²) in [5, 5.41) is 0. The molecule has 1 aromatic heterocycles. The smallest absolute Gasteiger partial charge is 0.0110 e. The zero-order valence-corrected chi connectivity index (χ0v) is 7.70. The highest BCUT2D eigenvalue weighted by atomic mass is 14.9. The number of aromatic nitrogens is 1. The van der Waals surface area contributed by atoms with Crippen molar-refractivity contribution in [3.05, 3.63) is 55.2 Å². The highest BCUT2D eigenvalue weighted by molar-refractivity contribution is 5.63. The van der Waals surface area contributed by atoms with E-state index in [1.165, 1.54) is 11.1 Å². The Morgan fingerprint density at radius 2 is 1.69 bits per heavy atom. The van der Waals surface area contributed by atoms with Crippen molar-refractivity contribution < 1.29 is 0 Å². The molecule has 0 aliphatic carbocycles. The molecule has 65 valence electrons. The highest BCUT2D eigenvalue weighted by Crippen LogP contribution is 2.19. The maximum Gasteiger partial charge on any atom is 0.0110 e. The molecule has 1 nitrogen and oxygen atoms in total. The third kappa shape index (κ3) is 1.64. The minimum atomic E-state index is 1.06. The molecule has 0 amide bonds. The molecule has 1 heteroatoms. The Morgan fingerprint density at radius 3 is 2.23 bits per heavy atom. The molecule has 2 rings (SSSR count). The molecule has 0 saturated carbocycles. The number of hydrogen-bond acceptors (Lipinski definition) is 0. The normalized spacial score (nSPS) is 10.3. The van der Waals surface area contributed by atoms with Crippen LogP contribution in [0.3, 0.4) is 0 Å². The molecule has 0 aliphatic heterocycles. The second-order valence-corrected chi connectivity index (χ2v) is 3.26. The summed E-state index contributed by atoms with van der Waals surface area (Å²) in [5.41, 5.74) is 3.55. The number of aryl methyl sites for hydroxylation is 1. The third-order valence-corrected chi connectivity index (χ3v) is 2.12. The fraction of sp³-hybridized carbons (Fsp3) is 0.0833. The molecule has 1 aromatic carbocycles. The Kier molecular flexibility index (Phi) is 1.93. The largest absolute Gasteiger partial charge is 0.357 e. The SMILES string of the molecule is [CH2]c1ccc(-c2ccn(C)c2)cc1. The van der Waals surface area contributed by atoms with Gasteiger partial charge in [0.2, 0.25) is 0 Å². The summed E-state index contributed by atoms with van der Waals surface area (Å²) in [6.45, 7) is 3.86. The van der Waals surface area contributed by atoms with Crippen LogP contribution in [-0.2, 0) is 7.05 Å². The monoisotopic (exact) mass is 170 g/mol. The van der Waals surface area contributed by atoms with E-state index in [9.17, 15) is 0 Å². The minimum Gasteiger partial charge on any atom is -0.357 e. The van der Waals surface area contributed by atoms with E-state index >= 15 is 0 Å². The molecule has 0 bridgehead atoms. The van der Waals surface area contributed by atoms with Crippen molar-refractivity contribution in [2.75, 3.05) is 0 Å². The number of rotatable bonds is 1. The summed E-state index contributed by atoms with van der Waals surface area (Å²) in [6.07, 6.45) is 4.16. The number of hydrogen-bond donors (Lipinski definition) is 0. The van der Waals surface area contributed by atoms with Crippen LogP contribution in [0.4, 0.5) is 0 Å². The van der Waals surface area contributed by atoms with Gasteiger partial charge < -0.3 is 4.57 Å². The topological polar surface area (TPSA) is 4.93 Å². The lowest BCUT2D eigenvalue weighted by atomic mass is 10.1. The average molecular weight is 170 g/mol. The Balaban J connectivity index is 2.41. The molecule has 13 heavy (non-hydrogen) atoms. The van der Waals surface area contributed by atoms with Gasteiger partial charge in [-0.15, -0.1) is 0 Å². The van der Waals surface area contributed by atoms with Crippen molar-refractivity contribution in [3.8, 4) is 11.1 Å². The molecule has 0 atom stereocenters. The first-order chi connectivity index (χ1) is 6.25. The van der Waals surface area contributed by atoms with Crippen molar-refractivity contribution in [1.82, 2.24) is 4.57 Å². The first-order valence-corrected chi connectivity index (χ1v) is 4.30. The van der Waals surface area contributed by atoms with Gasteiger partial charge in [-0.2, -0.15) is 0 Å². The van der Waals surface area contributed by atoms with Crippen LogP contribution in [0.5, 0.6) is 0 Å². The van der Waals surface area contributed by atoms with E-state index in [0.717, 1.165) is 5.56 Å². The highest BCUT2D eigenvalue weighted by Gasteiger charge is 1.97. The maximum atomic E-state index is 3.86. The van der Waals surface area contributed by atoms with Gasteiger partial charge >= 0.3 is 0 Å². The van der Waals surface area contributed by atoms with Gasteiger partial charge in [0.05, 0.1) is 0 Å². The Morgan fingerprint density at radius 1 is 1.00 bits per heavy atom. The van der Waals surface area contributed by atoms with E-state index in [0.29, 0.717) is 0 Å². The minimum absolute atomic E-state index is 1.06. The molecular weight excluding hydrogens is 158 g/mol. The first-order valence-electron chi connectivity index (χ1n) is 4.30. The summed E-state index contributed by atoms with van der Waals surface area (Å²) in [5.74, 6) is 0. The summed E-state index contributed by atoms with van der Waals surface area (Å²) in [6, 6.07) is 10.4. The maximum absolute atomic E-state index is 3.86. The van der Waals surface area contributed by atoms with Gasteiger partial charge in [-0.1, -0.05) is 24.3 Å². The van der Waals surface area contributed by atoms with Gasteiger partial charge in [0.25, 0.3) is 0 Å². The predicted octanol–water partition coefficient (Wildman–Crippen LogP) is 2.87. The summed E-state index contributed by atoms with van der Waals surface area (Å²) < 4.78 is 2.05. The van der Waals surface area contributed by atoms with Gasteiger partial charge in [0, 0.05) is 19.4 Å². The lowest BCUT2D eigenvalue weighted by Gasteiger charge is -1.97. The van der Waals surface area contributed by atoms with Crippen molar-refractivity contribution in [1.29, 1.82) is 0 Å². The predicted molar refractivity (Wildman–Crippen MR) is 55.3 cm³/mol. The second kappa shape index (κ2) is 3.09. The first kappa shape index (κ1) is 8.11. The van der Waals surface area contributed by atoms with Crippen LogP contribution >= 0.6 is 0 Å². The molecule has 0 spiro atoms. The number of nitrogens with zero attached hydrogens (tertiary/aromatic N) is 1. The Hall–Kier alpha value is -1.50. The molecule has 0 saturated heterocycles. The zero-order chi connectivity index (χ0) is 9.26. The van der Waals surface area contributed by atoms with E-state index in [4.69, 9.17) is 0 Å². The van der Waals surface area contributed by atoms with Crippen molar-refractivity contribution in [3.63, 3.8) is 0 Å². The van der Waals surface area contributed by atoms with Crippen LogP contribution in [0.25, 0.3) is 11.1 Å². The molecule has 2 aromatic rings. The summed E-state index contributed by atoms with van der Waals surface area (Å²) in [7, 11) is 2.03. The quantitative estimate of drug-likeness (QED) is 0.620. The Labute approximate surface area is 78.6 Å². The fourth-order valence-electron chi connectivity index (χ4n) is 1.37. The Bertz CT molecular complexity index is 395. The molecule has 0 aliphatic rings. The summed E-state index contributed by atoms with van der Waals surface area (Å²) in [4.78, 5) is 0. The molecule has 0 unspecified atom stereocenters. The van der Waals surface area contributed by atoms with Crippen LogP contribution in [0, 0.1) is 6.92 Å².